The molecule has 0 bridgehead atoms. The van der Waals surface area contributed by atoms with E-state index < -0.39 is 27.6 Å². The summed E-state index contributed by atoms with van der Waals surface area (Å²) in [5.41, 5.74) is -0.00396. The minimum Gasteiger partial charge on any atom is -0.455 e. The summed E-state index contributed by atoms with van der Waals surface area (Å²) in [5, 5.41) is 5.67. The van der Waals surface area contributed by atoms with Crippen LogP contribution in [0.2, 0.25) is 0 Å². The number of ether oxygens (including phenoxy) is 1. The Bertz CT molecular complexity index is 1380. The minimum atomic E-state index is -4.19. The molecule has 1 saturated heterocycles. The average molecular weight is 567 g/mol. The highest BCUT2D eigenvalue weighted by molar-refractivity contribution is 7.92. The summed E-state index contributed by atoms with van der Waals surface area (Å²) in [4.78, 5) is 26.1. The number of amides is 2. The van der Waals surface area contributed by atoms with Crippen LogP contribution in [-0.2, 0) is 14.8 Å². The molecule has 0 radical (unpaired) electrons. The predicted molar refractivity (Wildman–Crippen MR) is 139 cm³/mol. The van der Waals surface area contributed by atoms with Gasteiger partial charge >= 0.3 is 0 Å². The van der Waals surface area contributed by atoms with Crippen LogP contribution in [0.1, 0.15) is 10.4 Å². The van der Waals surface area contributed by atoms with Gasteiger partial charge in [0.2, 0.25) is 5.91 Å². The van der Waals surface area contributed by atoms with Gasteiger partial charge in [-0.1, -0.05) is 0 Å². The minimum absolute atomic E-state index is 0. The quantitative estimate of drug-likeness (QED) is 0.386. The van der Waals surface area contributed by atoms with Crippen LogP contribution >= 0.6 is 12.4 Å². The van der Waals surface area contributed by atoms with E-state index in [0.29, 0.717) is 26.2 Å². The molecule has 0 aliphatic carbocycles. The molecule has 0 aromatic heterocycles. The molecule has 1 heterocycles. The zero-order valence-electron chi connectivity index (χ0n) is 19.9. The first-order valence-corrected chi connectivity index (χ1v) is 12.8. The second-order valence-corrected chi connectivity index (χ2v) is 9.82. The molecule has 13 heteroatoms. The first kappa shape index (κ1) is 28.8. The van der Waals surface area contributed by atoms with Crippen LogP contribution in [0.5, 0.6) is 11.5 Å². The van der Waals surface area contributed by atoms with Crippen molar-refractivity contribution in [1.29, 1.82) is 0 Å². The average Bonchev–Trinajstić information content (AvgIpc) is 2.90. The molecular formula is C25H25ClF2N4O5S. The number of halogens is 3. The van der Waals surface area contributed by atoms with E-state index in [4.69, 9.17) is 4.74 Å². The predicted octanol–water partition coefficient (Wildman–Crippen LogP) is 3.14. The number of sulfonamides is 1. The Morgan fingerprint density at radius 2 is 1.55 bits per heavy atom. The molecule has 4 rings (SSSR count). The molecule has 0 spiro atoms. The molecule has 3 N–H and O–H groups in total. The van der Waals surface area contributed by atoms with Crippen molar-refractivity contribution < 1.29 is 31.5 Å². The van der Waals surface area contributed by atoms with Crippen molar-refractivity contribution in [1.82, 2.24) is 15.5 Å². The number of hydrogen-bond donors (Lipinski definition) is 3. The van der Waals surface area contributed by atoms with Crippen LogP contribution < -0.4 is 20.1 Å². The third-order valence-electron chi connectivity index (χ3n) is 5.52. The van der Waals surface area contributed by atoms with Gasteiger partial charge in [-0.3, -0.25) is 14.3 Å². The molecule has 38 heavy (non-hydrogen) atoms. The highest BCUT2D eigenvalue weighted by Gasteiger charge is 2.20. The van der Waals surface area contributed by atoms with Crippen molar-refractivity contribution in [2.75, 3.05) is 37.4 Å². The topological polar surface area (TPSA) is 117 Å². The van der Waals surface area contributed by atoms with Crippen LogP contribution in [-0.4, -0.2) is 57.9 Å². The van der Waals surface area contributed by atoms with E-state index >= 15 is 0 Å². The van der Waals surface area contributed by atoms with Crippen LogP contribution in [0.4, 0.5) is 14.5 Å². The monoisotopic (exact) mass is 566 g/mol. The smallest absolute Gasteiger partial charge is 0.262 e. The van der Waals surface area contributed by atoms with Crippen LogP contribution in [0.25, 0.3) is 0 Å². The summed E-state index contributed by atoms with van der Waals surface area (Å²) in [6.07, 6.45) is 0. The molecule has 0 saturated carbocycles. The van der Waals surface area contributed by atoms with Crippen molar-refractivity contribution in [3.05, 3.63) is 83.9 Å². The molecule has 9 nitrogen and oxygen atoms in total. The number of carbonyl (C=O) groups is 2. The lowest BCUT2D eigenvalue weighted by atomic mass is 10.2. The number of nitrogens with zero attached hydrogens (tertiary/aromatic N) is 1. The van der Waals surface area contributed by atoms with E-state index in [1.807, 2.05) is 0 Å². The lowest BCUT2D eigenvalue weighted by molar-refractivity contribution is -0.130. The molecule has 1 aliphatic heterocycles. The fourth-order valence-electron chi connectivity index (χ4n) is 3.57. The Hall–Kier alpha value is -3.74. The molecule has 1 fully saturated rings. The number of carbonyl (C=O) groups excluding carboxylic acids is 2. The number of nitrogens with one attached hydrogen (secondary N) is 3. The lowest BCUT2D eigenvalue weighted by Crippen LogP contribution is -2.49. The van der Waals surface area contributed by atoms with Crippen LogP contribution in [0, 0.1) is 11.6 Å². The fourth-order valence-corrected chi connectivity index (χ4v) is 4.63. The van der Waals surface area contributed by atoms with E-state index in [1.54, 1.807) is 4.90 Å². The van der Waals surface area contributed by atoms with Gasteiger partial charge in [-0.15, -0.1) is 12.4 Å². The summed E-state index contributed by atoms with van der Waals surface area (Å²) in [5.74, 6) is -1.68. The van der Waals surface area contributed by atoms with Crippen molar-refractivity contribution in [2.45, 2.75) is 4.90 Å². The summed E-state index contributed by atoms with van der Waals surface area (Å²) in [7, 11) is -4.19. The Morgan fingerprint density at radius 1 is 0.921 bits per heavy atom. The van der Waals surface area contributed by atoms with Gasteiger partial charge in [-0.25, -0.2) is 17.2 Å². The summed E-state index contributed by atoms with van der Waals surface area (Å²) < 4.78 is 60.8. The number of piperazine rings is 1. The molecule has 1 aliphatic rings. The number of rotatable bonds is 8. The Morgan fingerprint density at radius 3 is 2.21 bits per heavy atom. The molecule has 0 unspecified atom stereocenters. The highest BCUT2D eigenvalue weighted by Crippen LogP contribution is 2.32. The van der Waals surface area contributed by atoms with E-state index in [2.05, 4.69) is 15.4 Å². The zero-order valence-corrected chi connectivity index (χ0v) is 21.6. The third kappa shape index (κ3) is 7.40. The summed E-state index contributed by atoms with van der Waals surface area (Å²) in [6, 6.07) is 13.4. The maximum absolute atomic E-state index is 13.9. The van der Waals surface area contributed by atoms with Crippen molar-refractivity contribution in [3.63, 3.8) is 0 Å². The SMILES string of the molecule is Cl.O=C(NCC(=O)N1CCNCC1)c1ccc(S(=O)(=O)Nc2cc(F)ccc2Oc2ccc(F)cc2)cc1. The van der Waals surface area contributed by atoms with E-state index in [0.717, 1.165) is 12.1 Å². The highest BCUT2D eigenvalue weighted by atomic mass is 35.5. The number of benzene rings is 3. The third-order valence-corrected chi connectivity index (χ3v) is 6.91. The van der Waals surface area contributed by atoms with Gasteiger partial charge < -0.3 is 20.3 Å². The number of hydrogen-bond acceptors (Lipinski definition) is 6. The van der Waals surface area contributed by atoms with Gasteiger partial charge in [0.15, 0.2) is 5.75 Å². The molecule has 202 valence electrons. The molecule has 2 amide bonds. The van der Waals surface area contributed by atoms with Crippen molar-refractivity contribution in [3.8, 4) is 11.5 Å². The summed E-state index contributed by atoms with van der Waals surface area (Å²) >= 11 is 0. The molecule has 0 atom stereocenters. The second kappa shape index (κ2) is 12.7. The maximum atomic E-state index is 13.9. The Kier molecular flexibility index (Phi) is 9.61. The van der Waals surface area contributed by atoms with Crippen LogP contribution in [0.15, 0.2) is 71.6 Å². The van der Waals surface area contributed by atoms with Crippen molar-refractivity contribution >= 4 is 39.9 Å². The first-order valence-electron chi connectivity index (χ1n) is 11.3. The maximum Gasteiger partial charge on any atom is 0.262 e. The number of anilines is 1. The normalized spacial score (nSPS) is 13.3. The van der Waals surface area contributed by atoms with Gasteiger partial charge in [0.05, 0.1) is 17.1 Å². The lowest BCUT2D eigenvalue weighted by Gasteiger charge is -2.27. The standard InChI is InChI=1S/C25H24F2N4O5S.ClH/c26-18-3-6-20(7-4-18)36-23-10-5-19(27)15-22(23)30-37(34,35)21-8-1-17(2-9-21)25(33)29-16-24(32)31-13-11-28-12-14-31;/h1-10,15,28,30H,11-14,16H2,(H,29,33);1H. The van der Waals surface area contributed by atoms with E-state index in [9.17, 15) is 26.8 Å². The van der Waals surface area contributed by atoms with Crippen LogP contribution in [0.3, 0.4) is 0 Å². The van der Waals surface area contributed by atoms with E-state index in [-0.39, 0.29) is 52.5 Å². The van der Waals surface area contributed by atoms with Gasteiger partial charge in [0.25, 0.3) is 15.9 Å². The van der Waals surface area contributed by atoms with E-state index in [1.165, 1.54) is 54.6 Å². The molecule has 3 aromatic carbocycles. The van der Waals surface area contributed by atoms with Gasteiger partial charge in [-0.05, 0) is 60.7 Å². The summed E-state index contributed by atoms with van der Waals surface area (Å²) in [6.45, 7) is 2.35. The zero-order chi connectivity index (χ0) is 26.4. The Balaban J connectivity index is 0.00000400. The fraction of sp³-hybridized carbons (Fsp3) is 0.200. The molecule has 3 aromatic rings. The molecular weight excluding hydrogens is 542 g/mol. The van der Waals surface area contributed by atoms with Gasteiger partial charge in [0.1, 0.15) is 17.4 Å². The largest absolute Gasteiger partial charge is 0.455 e. The van der Waals surface area contributed by atoms with Crippen molar-refractivity contribution in [2.24, 2.45) is 0 Å². The van der Waals surface area contributed by atoms with Gasteiger partial charge in [0, 0.05) is 37.8 Å². The first-order chi connectivity index (χ1) is 17.7. The second-order valence-electron chi connectivity index (χ2n) is 8.14. The van der Waals surface area contributed by atoms with Gasteiger partial charge in [-0.2, -0.15) is 0 Å². The Labute approximate surface area is 224 Å².